The highest BCUT2D eigenvalue weighted by atomic mass is 32.1. The third-order valence-electron chi connectivity index (χ3n) is 3.92. The minimum absolute atomic E-state index is 0.0924. The first-order valence-electron chi connectivity index (χ1n) is 7.24. The van der Waals surface area contributed by atoms with Gasteiger partial charge in [-0.15, -0.1) is 11.3 Å². The molecule has 1 aliphatic carbocycles. The summed E-state index contributed by atoms with van der Waals surface area (Å²) in [6.45, 7) is 4.29. The number of rotatable bonds is 4. The van der Waals surface area contributed by atoms with Crippen molar-refractivity contribution in [3.63, 3.8) is 0 Å². The molecule has 1 heterocycles. The van der Waals surface area contributed by atoms with Gasteiger partial charge < -0.3 is 10.5 Å². The van der Waals surface area contributed by atoms with Gasteiger partial charge in [0.25, 0.3) is 0 Å². The SMILES string of the molecule is CCOC1(c2nc(C(F)(F)F)c(CN)s2)CCCC(C)C1. The highest BCUT2D eigenvalue weighted by molar-refractivity contribution is 7.11. The fraction of sp³-hybridized carbons (Fsp3) is 0.786. The van der Waals surface area contributed by atoms with Crippen LogP contribution in [0.2, 0.25) is 0 Å². The predicted octanol–water partition coefficient (Wildman–Crippen LogP) is 4.06. The molecular formula is C14H21F3N2OS. The summed E-state index contributed by atoms with van der Waals surface area (Å²) >= 11 is 1.05. The molecule has 0 aromatic carbocycles. The fourth-order valence-electron chi connectivity index (χ4n) is 3.07. The van der Waals surface area contributed by atoms with E-state index in [4.69, 9.17) is 10.5 Å². The third kappa shape index (κ3) is 3.40. The number of aromatic nitrogens is 1. The zero-order chi connectivity index (χ0) is 15.7. The normalized spacial score (nSPS) is 27.0. The van der Waals surface area contributed by atoms with Crippen LogP contribution in [0.15, 0.2) is 0 Å². The van der Waals surface area contributed by atoms with Crippen LogP contribution in [0.3, 0.4) is 0 Å². The van der Waals surface area contributed by atoms with E-state index in [1.165, 1.54) is 0 Å². The number of hydrogen-bond acceptors (Lipinski definition) is 4. The number of thiazole rings is 1. The molecule has 120 valence electrons. The smallest absolute Gasteiger partial charge is 0.368 e. The molecule has 0 aliphatic heterocycles. The standard InChI is InChI=1S/C14H21F3N2OS/c1-3-20-13(6-4-5-9(2)7-13)12-19-11(14(15,16)17)10(8-18)21-12/h9H,3-8,18H2,1-2H3. The first kappa shape index (κ1) is 16.7. The molecule has 1 fully saturated rings. The van der Waals surface area contributed by atoms with Gasteiger partial charge in [-0.25, -0.2) is 4.98 Å². The molecule has 7 heteroatoms. The lowest BCUT2D eigenvalue weighted by Gasteiger charge is -2.38. The Bertz CT molecular complexity index is 485. The van der Waals surface area contributed by atoms with Gasteiger partial charge in [0.15, 0.2) is 5.69 Å². The molecule has 1 aromatic rings. The summed E-state index contributed by atoms with van der Waals surface area (Å²) in [5.74, 6) is 0.421. The second kappa shape index (κ2) is 6.22. The van der Waals surface area contributed by atoms with Gasteiger partial charge in [0.05, 0.1) is 4.88 Å². The molecule has 3 nitrogen and oxygen atoms in total. The van der Waals surface area contributed by atoms with Gasteiger partial charge in [0.1, 0.15) is 10.6 Å². The number of halogens is 3. The Morgan fingerprint density at radius 3 is 2.67 bits per heavy atom. The molecule has 2 unspecified atom stereocenters. The molecule has 1 aliphatic rings. The summed E-state index contributed by atoms with van der Waals surface area (Å²) in [6, 6.07) is 0. The van der Waals surface area contributed by atoms with Crippen LogP contribution in [0.1, 0.15) is 55.1 Å². The van der Waals surface area contributed by atoms with Crippen molar-refractivity contribution in [3.05, 3.63) is 15.6 Å². The lowest BCUT2D eigenvalue weighted by Crippen LogP contribution is -2.35. The van der Waals surface area contributed by atoms with Crippen LogP contribution in [-0.2, 0) is 23.1 Å². The van der Waals surface area contributed by atoms with E-state index < -0.39 is 17.5 Å². The monoisotopic (exact) mass is 322 g/mol. The van der Waals surface area contributed by atoms with Gasteiger partial charge >= 0.3 is 6.18 Å². The van der Waals surface area contributed by atoms with Crippen molar-refractivity contribution in [1.29, 1.82) is 0 Å². The maximum Gasteiger partial charge on any atom is 0.434 e. The first-order valence-corrected chi connectivity index (χ1v) is 8.05. The molecular weight excluding hydrogens is 301 g/mol. The van der Waals surface area contributed by atoms with Crippen molar-refractivity contribution in [2.24, 2.45) is 11.7 Å². The summed E-state index contributed by atoms with van der Waals surface area (Å²) < 4.78 is 45.0. The van der Waals surface area contributed by atoms with E-state index >= 15 is 0 Å². The highest BCUT2D eigenvalue weighted by Crippen LogP contribution is 2.46. The van der Waals surface area contributed by atoms with Crippen molar-refractivity contribution in [1.82, 2.24) is 4.98 Å². The lowest BCUT2D eigenvalue weighted by molar-refractivity contribution is -0.142. The molecule has 21 heavy (non-hydrogen) atoms. The molecule has 2 N–H and O–H groups in total. The minimum Gasteiger partial charge on any atom is -0.368 e. The molecule has 1 saturated carbocycles. The van der Waals surface area contributed by atoms with Gasteiger partial charge in [0.2, 0.25) is 0 Å². The lowest BCUT2D eigenvalue weighted by atomic mass is 9.79. The van der Waals surface area contributed by atoms with E-state index in [1.807, 2.05) is 6.92 Å². The summed E-state index contributed by atoms with van der Waals surface area (Å²) in [4.78, 5) is 3.98. The van der Waals surface area contributed by atoms with Gasteiger partial charge in [-0.05, 0) is 32.1 Å². The van der Waals surface area contributed by atoms with E-state index in [0.717, 1.165) is 37.0 Å². The van der Waals surface area contributed by atoms with Gasteiger partial charge in [-0.2, -0.15) is 13.2 Å². The number of nitrogens with two attached hydrogens (primary N) is 1. The van der Waals surface area contributed by atoms with E-state index in [1.54, 1.807) is 0 Å². The zero-order valence-electron chi connectivity index (χ0n) is 12.3. The molecule has 2 rings (SSSR count). The molecule has 0 radical (unpaired) electrons. The molecule has 0 spiro atoms. The molecule has 1 aromatic heterocycles. The van der Waals surface area contributed by atoms with E-state index in [0.29, 0.717) is 17.5 Å². The number of hydrogen-bond donors (Lipinski definition) is 1. The highest BCUT2D eigenvalue weighted by Gasteiger charge is 2.44. The number of ether oxygens (including phenoxy) is 1. The van der Waals surface area contributed by atoms with Crippen molar-refractivity contribution in [3.8, 4) is 0 Å². The summed E-state index contributed by atoms with van der Waals surface area (Å²) in [5, 5.41) is 0.434. The molecule has 0 saturated heterocycles. The Hall–Kier alpha value is -0.660. The average molecular weight is 322 g/mol. The third-order valence-corrected chi connectivity index (χ3v) is 5.18. The maximum atomic E-state index is 13.1. The Balaban J connectivity index is 2.44. The minimum atomic E-state index is -4.46. The Morgan fingerprint density at radius 1 is 1.48 bits per heavy atom. The zero-order valence-corrected chi connectivity index (χ0v) is 13.1. The summed E-state index contributed by atoms with van der Waals surface area (Å²) in [6.07, 6.45) is -0.997. The van der Waals surface area contributed by atoms with E-state index in [9.17, 15) is 13.2 Å². The first-order chi connectivity index (χ1) is 9.82. The number of alkyl halides is 3. The van der Waals surface area contributed by atoms with Crippen molar-refractivity contribution < 1.29 is 17.9 Å². The van der Waals surface area contributed by atoms with Crippen LogP contribution >= 0.6 is 11.3 Å². The van der Waals surface area contributed by atoms with Crippen molar-refractivity contribution in [2.75, 3.05) is 6.61 Å². The molecule has 0 amide bonds. The van der Waals surface area contributed by atoms with Crippen LogP contribution in [0.25, 0.3) is 0 Å². The van der Waals surface area contributed by atoms with Gasteiger partial charge in [0, 0.05) is 13.2 Å². The average Bonchev–Trinajstić information content (AvgIpc) is 2.83. The molecule has 2 atom stereocenters. The second-order valence-electron chi connectivity index (χ2n) is 5.62. The van der Waals surface area contributed by atoms with Crippen molar-refractivity contribution >= 4 is 11.3 Å². The second-order valence-corrected chi connectivity index (χ2v) is 6.71. The Kier molecular flexibility index (Phi) is 4.95. The van der Waals surface area contributed by atoms with Crippen LogP contribution in [0.5, 0.6) is 0 Å². The van der Waals surface area contributed by atoms with Crippen LogP contribution in [0.4, 0.5) is 13.2 Å². The van der Waals surface area contributed by atoms with Crippen molar-refractivity contribution in [2.45, 2.75) is 57.9 Å². The van der Waals surface area contributed by atoms with Gasteiger partial charge in [-0.3, -0.25) is 0 Å². The summed E-state index contributed by atoms with van der Waals surface area (Å²) in [7, 11) is 0. The fourth-order valence-corrected chi connectivity index (χ4v) is 4.21. The summed E-state index contributed by atoms with van der Waals surface area (Å²) in [5.41, 5.74) is 3.94. The van der Waals surface area contributed by atoms with Crippen LogP contribution in [0, 0.1) is 5.92 Å². The van der Waals surface area contributed by atoms with Gasteiger partial charge in [-0.1, -0.05) is 13.3 Å². The van der Waals surface area contributed by atoms with Crippen LogP contribution < -0.4 is 5.73 Å². The van der Waals surface area contributed by atoms with E-state index in [2.05, 4.69) is 11.9 Å². The number of nitrogens with zero attached hydrogens (tertiary/aromatic N) is 1. The Morgan fingerprint density at radius 2 is 2.19 bits per heavy atom. The quantitative estimate of drug-likeness (QED) is 0.909. The predicted molar refractivity (Wildman–Crippen MR) is 75.9 cm³/mol. The van der Waals surface area contributed by atoms with E-state index in [-0.39, 0.29) is 11.4 Å². The Labute approximate surface area is 126 Å². The molecule has 0 bridgehead atoms. The topological polar surface area (TPSA) is 48.1 Å². The largest absolute Gasteiger partial charge is 0.434 e. The van der Waals surface area contributed by atoms with Crippen LogP contribution in [-0.4, -0.2) is 11.6 Å². The maximum absolute atomic E-state index is 13.1.